The average molecular weight is 711 g/mol. The second-order valence-corrected chi connectivity index (χ2v) is 14.0. The van der Waals surface area contributed by atoms with Crippen molar-refractivity contribution in [3.05, 3.63) is 105 Å². The fourth-order valence-electron chi connectivity index (χ4n) is 7.19. The van der Waals surface area contributed by atoms with Gasteiger partial charge in [0.1, 0.15) is 62.7 Å². The Labute approximate surface area is 297 Å². The summed E-state index contributed by atoms with van der Waals surface area (Å²) in [6.45, 7) is 4.86. The number of hydrogen-bond acceptors (Lipinski definition) is 12. The zero-order valence-corrected chi connectivity index (χ0v) is 28.5. The first kappa shape index (κ1) is 35.7. The van der Waals surface area contributed by atoms with Crippen LogP contribution in [0.4, 0.5) is 0 Å². The first-order chi connectivity index (χ1) is 24.4. The summed E-state index contributed by atoms with van der Waals surface area (Å²) in [7, 11) is 0. The van der Waals surface area contributed by atoms with Gasteiger partial charge >= 0.3 is 0 Å². The van der Waals surface area contributed by atoms with Crippen LogP contribution in [0.1, 0.15) is 72.5 Å². The molecule has 1 aromatic heterocycles. The molecule has 5 aromatic rings. The Morgan fingerprint density at radius 3 is 2.04 bits per heavy atom. The van der Waals surface area contributed by atoms with Crippen molar-refractivity contribution in [2.24, 2.45) is 5.92 Å². The lowest BCUT2D eigenvalue weighted by atomic mass is 9.65. The molecule has 1 aliphatic carbocycles. The van der Waals surface area contributed by atoms with Crippen LogP contribution in [-0.4, -0.2) is 57.3 Å². The van der Waals surface area contributed by atoms with Crippen LogP contribution >= 0.6 is 0 Å². The van der Waals surface area contributed by atoms with Crippen molar-refractivity contribution in [3.8, 4) is 57.3 Å². The average Bonchev–Trinajstić information content (AvgIpc) is 3.02. The highest BCUT2D eigenvalue weighted by atomic mass is 16.3. The van der Waals surface area contributed by atoms with Crippen LogP contribution in [0.25, 0.3) is 22.3 Å². The molecule has 12 heteroatoms. The standard InChI is InChI=1S/C40H38O12/c1-18-10-27(24-6-4-20(41)15-29(24)45)33(36(49)19-12-22(43)14-23(44)13-19)28(11-18)34-31(47)17-32(48)35-37(50)26(8-9-40(2,3)51)38(52-39(34)35)25-7-5-21(42)16-30(25)46/h4-7,11-17,27-28,33,41-48,51H,8-10H2,1-3H3. The molecule has 0 spiro atoms. The third-order valence-corrected chi connectivity index (χ3v) is 9.53. The number of aliphatic hydroxyl groups is 1. The van der Waals surface area contributed by atoms with Crippen molar-refractivity contribution in [1.29, 1.82) is 0 Å². The number of benzene rings is 4. The monoisotopic (exact) mass is 710 g/mol. The topological polar surface area (TPSA) is 229 Å². The van der Waals surface area contributed by atoms with Crippen molar-refractivity contribution in [2.45, 2.75) is 57.5 Å². The van der Waals surface area contributed by atoms with E-state index in [4.69, 9.17) is 4.42 Å². The zero-order chi connectivity index (χ0) is 37.8. The third kappa shape index (κ3) is 6.68. The summed E-state index contributed by atoms with van der Waals surface area (Å²) >= 11 is 0. The molecule has 0 saturated heterocycles. The number of carbonyl (C=O) groups excluding carboxylic acids is 1. The molecule has 3 atom stereocenters. The predicted molar refractivity (Wildman–Crippen MR) is 190 cm³/mol. The molecule has 0 fully saturated rings. The Hall–Kier alpha value is -6.14. The molecule has 0 radical (unpaired) electrons. The molecule has 52 heavy (non-hydrogen) atoms. The molecule has 0 amide bonds. The van der Waals surface area contributed by atoms with Crippen LogP contribution in [0.3, 0.4) is 0 Å². The van der Waals surface area contributed by atoms with E-state index in [0.29, 0.717) is 5.57 Å². The highest BCUT2D eigenvalue weighted by Crippen LogP contribution is 2.53. The van der Waals surface area contributed by atoms with Crippen LogP contribution in [0.2, 0.25) is 0 Å². The van der Waals surface area contributed by atoms with Crippen molar-refractivity contribution in [2.75, 3.05) is 0 Å². The molecule has 6 rings (SSSR count). The van der Waals surface area contributed by atoms with Gasteiger partial charge in [0.05, 0.1) is 11.2 Å². The summed E-state index contributed by atoms with van der Waals surface area (Å²) in [5.41, 5.74) is -1.55. The maximum absolute atomic E-state index is 14.6. The normalized spacial score (nSPS) is 17.6. The van der Waals surface area contributed by atoms with E-state index < -0.39 is 63.3 Å². The van der Waals surface area contributed by atoms with Gasteiger partial charge in [0, 0.05) is 58.7 Å². The molecule has 0 bridgehead atoms. The van der Waals surface area contributed by atoms with Crippen LogP contribution < -0.4 is 5.43 Å². The summed E-state index contributed by atoms with van der Waals surface area (Å²) < 4.78 is 6.43. The fraction of sp³-hybridized carbons (Fsp3) is 0.250. The van der Waals surface area contributed by atoms with E-state index in [9.17, 15) is 55.5 Å². The van der Waals surface area contributed by atoms with Gasteiger partial charge in [-0.25, -0.2) is 0 Å². The van der Waals surface area contributed by atoms with Crippen LogP contribution in [0.5, 0.6) is 46.0 Å². The number of carbonyl (C=O) groups is 1. The molecular formula is C40H38O12. The molecule has 0 saturated carbocycles. The van der Waals surface area contributed by atoms with Gasteiger partial charge in [-0.3, -0.25) is 9.59 Å². The Bertz CT molecular complexity index is 2310. The number of fused-ring (bicyclic) bond motifs is 1. The first-order valence-corrected chi connectivity index (χ1v) is 16.5. The van der Waals surface area contributed by atoms with E-state index in [1.54, 1.807) is 26.8 Å². The van der Waals surface area contributed by atoms with E-state index in [0.717, 1.165) is 36.4 Å². The molecule has 1 aliphatic rings. The number of allylic oxidation sites excluding steroid dienone is 2. The first-order valence-electron chi connectivity index (χ1n) is 16.5. The molecule has 9 N–H and O–H groups in total. The van der Waals surface area contributed by atoms with Gasteiger partial charge in [0.15, 0.2) is 11.2 Å². The zero-order valence-electron chi connectivity index (χ0n) is 28.5. The van der Waals surface area contributed by atoms with E-state index in [2.05, 4.69) is 0 Å². The van der Waals surface area contributed by atoms with Gasteiger partial charge in [-0.1, -0.05) is 17.7 Å². The van der Waals surface area contributed by atoms with Crippen molar-refractivity contribution in [1.82, 2.24) is 0 Å². The molecule has 1 heterocycles. The lowest BCUT2D eigenvalue weighted by molar-refractivity contribution is 0.0713. The van der Waals surface area contributed by atoms with Crippen molar-refractivity contribution < 1.29 is 55.2 Å². The summed E-state index contributed by atoms with van der Waals surface area (Å²) in [5, 5.41) is 95.6. The van der Waals surface area contributed by atoms with Crippen LogP contribution in [-0.2, 0) is 6.42 Å². The van der Waals surface area contributed by atoms with Crippen molar-refractivity contribution in [3.63, 3.8) is 0 Å². The predicted octanol–water partition coefficient (Wildman–Crippen LogP) is 6.52. The molecule has 0 aliphatic heterocycles. The quantitative estimate of drug-likeness (QED) is 0.0619. The molecule has 3 unspecified atom stereocenters. The van der Waals surface area contributed by atoms with Gasteiger partial charge in [-0.05, 0) is 75.9 Å². The molecule has 270 valence electrons. The van der Waals surface area contributed by atoms with E-state index in [1.807, 2.05) is 0 Å². The minimum absolute atomic E-state index is 0.0125. The van der Waals surface area contributed by atoms with Crippen LogP contribution in [0, 0.1) is 5.92 Å². The SMILES string of the molecule is CC1=CC(c2c(O)cc(O)c3c(=O)c(CCC(C)(C)O)c(-c4ccc(O)cc4O)oc23)C(C(=O)c2cc(O)cc(O)c2)C(c2ccc(O)cc2O)C1. The maximum atomic E-state index is 14.6. The van der Waals surface area contributed by atoms with Gasteiger partial charge in [-0.2, -0.15) is 0 Å². The van der Waals surface area contributed by atoms with Gasteiger partial charge in [0.25, 0.3) is 0 Å². The minimum atomic E-state index is -1.23. The van der Waals surface area contributed by atoms with E-state index in [-0.39, 0.29) is 81.1 Å². The Morgan fingerprint density at radius 1 is 0.788 bits per heavy atom. The number of rotatable bonds is 8. The Balaban J connectivity index is 1.69. The lowest BCUT2D eigenvalue weighted by Gasteiger charge is -2.37. The van der Waals surface area contributed by atoms with E-state index in [1.165, 1.54) is 24.3 Å². The largest absolute Gasteiger partial charge is 0.508 e. The van der Waals surface area contributed by atoms with E-state index >= 15 is 0 Å². The number of ketones is 1. The Morgan fingerprint density at radius 2 is 1.42 bits per heavy atom. The molecular weight excluding hydrogens is 672 g/mol. The van der Waals surface area contributed by atoms with Gasteiger partial charge in [-0.15, -0.1) is 0 Å². The number of Topliss-reactive ketones (excluding diaryl/α,β-unsaturated/α-hetero) is 1. The third-order valence-electron chi connectivity index (χ3n) is 9.53. The highest BCUT2D eigenvalue weighted by molar-refractivity contribution is 6.01. The Kier molecular flexibility index (Phi) is 9.06. The van der Waals surface area contributed by atoms with Gasteiger partial charge < -0.3 is 50.4 Å². The number of phenols is 8. The summed E-state index contributed by atoms with van der Waals surface area (Å²) in [5.74, 6) is -7.25. The lowest BCUT2D eigenvalue weighted by Crippen LogP contribution is -2.32. The summed E-state index contributed by atoms with van der Waals surface area (Å²) in [4.78, 5) is 29.1. The van der Waals surface area contributed by atoms with Gasteiger partial charge in [0.2, 0.25) is 0 Å². The number of aromatic hydroxyl groups is 8. The number of phenolic OH excluding ortho intramolecular Hbond substituents is 8. The maximum Gasteiger partial charge on any atom is 0.200 e. The van der Waals surface area contributed by atoms with Crippen LogP contribution in [0.15, 0.2) is 81.5 Å². The second-order valence-electron chi connectivity index (χ2n) is 14.0. The smallest absolute Gasteiger partial charge is 0.200 e. The summed E-state index contributed by atoms with van der Waals surface area (Å²) in [6.07, 6.45) is 1.89. The minimum Gasteiger partial charge on any atom is -0.508 e. The highest BCUT2D eigenvalue weighted by Gasteiger charge is 2.43. The molecule has 12 nitrogen and oxygen atoms in total. The number of hydrogen-bond donors (Lipinski definition) is 9. The van der Waals surface area contributed by atoms with Crippen molar-refractivity contribution >= 4 is 16.8 Å². The fourth-order valence-corrected chi connectivity index (χ4v) is 7.19. The second kappa shape index (κ2) is 13.2. The molecule has 4 aromatic carbocycles. The summed E-state index contributed by atoms with van der Waals surface area (Å²) in [6, 6.07) is 11.9.